The van der Waals surface area contributed by atoms with Crippen LogP contribution in [-0.2, 0) is 0 Å². The Balaban J connectivity index is 0.000000182. The first kappa shape index (κ1) is 18.1. The van der Waals surface area contributed by atoms with Crippen LogP contribution in [0.2, 0.25) is 0 Å². The lowest BCUT2D eigenvalue weighted by Crippen LogP contribution is -2.27. The van der Waals surface area contributed by atoms with Gasteiger partial charge in [-0.15, -0.1) is 0 Å². The van der Waals surface area contributed by atoms with Gasteiger partial charge < -0.3 is 9.84 Å². The van der Waals surface area contributed by atoms with Crippen LogP contribution in [0, 0.1) is 0 Å². The summed E-state index contributed by atoms with van der Waals surface area (Å²) in [5.74, 6) is 1.08. The van der Waals surface area contributed by atoms with Crippen LogP contribution in [0.1, 0.15) is 33.6 Å². The van der Waals surface area contributed by atoms with E-state index in [1.165, 1.54) is 11.5 Å². The summed E-state index contributed by atoms with van der Waals surface area (Å²) in [4.78, 5) is 10.9. The van der Waals surface area contributed by atoms with Crippen LogP contribution >= 0.6 is 11.5 Å². The highest BCUT2D eigenvalue weighted by Gasteiger charge is 2.17. The third kappa shape index (κ3) is 5.13. The fraction of sp³-hybridized carbons (Fsp3) is 0.316. The van der Waals surface area contributed by atoms with Crippen molar-refractivity contribution >= 4 is 21.6 Å². The number of nitrogens with one attached hydrogen (secondary N) is 1. The number of rotatable bonds is 4. The van der Waals surface area contributed by atoms with Gasteiger partial charge in [-0.2, -0.15) is 0 Å². The number of benzene rings is 2. The fourth-order valence-corrected chi connectivity index (χ4v) is 3.12. The molecular weight excluding hydrogens is 322 g/mol. The molecule has 1 heterocycles. The normalized spacial score (nSPS) is 11.0. The molecule has 2 aromatic carbocycles. The first-order valence-corrected chi connectivity index (χ1v) is 8.77. The largest absolute Gasteiger partial charge is 0.508 e. The van der Waals surface area contributed by atoms with Crippen LogP contribution in [0.5, 0.6) is 11.5 Å². The first-order chi connectivity index (χ1) is 11.4. The molecule has 0 atom stereocenters. The Morgan fingerprint density at radius 2 is 1.79 bits per heavy atom. The number of aromatic hydroxyl groups is 1. The smallest absolute Gasteiger partial charge is 0.265 e. The van der Waals surface area contributed by atoms with E-state index in [9.17, 15) is 4.79 Å². The van der Waals surface area contributed by atoms with Crippen molar-refractivity contribution in [2.24, 2.45) is 0 Å². The van der Waals surface area contributed by atoms with Gasteiger partial charge in [0.25, 0.3) is 5.56 Å². The van der Waals surface area contributed by atoms with E-state index in [2.05, 4.69) is 25.1 Å². The molecule has 0 aliphatic rings. The van der Waals surface area contributed by atoms with Crippen LogP contribution in [0.4, 0.5) is 0 Å². The van der Waals surface area contributed by atoms with Crippen molar-refractivity contribution in [1.29, 1.82) is 0 Å². The van der Waals surface area contributed by atoms with Crippen molar-refractivity contribution in [3.05, 3.63) is 58.9 Å². The zero-order valence-corrected chi connectivity index (χ0v) is 15.0. The average Bonchev–Trinajstić information content (AvgIpc) is 2.92. The maximum absolute atomic E-state index is 10.9. The molecule has 2 N–H and O–H groups in total. The number of ether oxygens (including phenoxy) is 1. The number of H-pyrrole nitrogens is 1. The van der Waals surface area contributed by atoms with Crippen molar-refractivity contribution in [2.75, 3.05) is 0 Å². The summed E-state index contributed by atoms with van der Waals surface area (Å²) < 4.78 is 9.47. The second-order valence-electron chi connectivity index (χ2n) is 6.14. The maximum atomic E-state index is 10.9. The van der Waals surface area contributed by atoms with E-state index >= 15 is 0 Å². The number of hydrogen-bond donors (Lipinski definition) is 2. The molecule has 3 rings (SSSR count). The Bertz CT molecular complexity index is 818. The minimum Gasteiger partial charge on any atom is -0.508 e. The standard InChI is InChI=1S/C12H18O2.C7H5NOS/c1-4-9-12(2,3)14-11-7-5-10(13)6-8-11;9-7-5-3-1-2-4-6(5)10-8-7/h5-8,13H,4,9H2,1-3H3;1-4H,(H,8,9). The van der Waals surface area contributed by atoms with Gasteiger partial charge in [-0.25, -0.2) is 0 Å². The maximum Gasteiger partial charge on any atom is 0.265 e. The van der Waals surface area contributed by atoms with E-state index in [1.54, 1.807) is 24.3 Å². The minimum atomic E-state index is -0.133. The second kappa shape index (κ2) is 8.02. The highest BCUT2D eigenvalue weighted by Crippen LogP contribution is 2.23. The van der Waals surface area contributed by atoms with Crippen LogP contribution in [0.15, 0.2) is 53.3 Å². The Hall–Kier alpha value is -2.27. The summed E-state index contributed by atoms with van der Waals surface area (Å²) in [6.45, 7) is 6.29. The highest BCUT2D eigenvalue weighted by atomic mass is 32.1. The average molecular weight is 345 g/mol. The van der Waals surface area contributed by atoms with Gasteiger partial charge in [0.2, 0.25) is 0 Å². The van der Waals surface area contributed by atoms with Gasteiger partial charge in [0, 0.05) is 0 Å². The predicted molar refractivity (Wildman–Crippen MR) is 100 cm³/mol. The molecule has 0 saturated heterocycles. The quantitative estimate of drug-likeness (QED) is 0.704. The van der Waals surface area contributed by atoms with Crippen molar-refractivity contribution in [3.63, 3.8) is 0 Å². The lowest BCUT2D eigenvalue weighted by Gasteiger charge is -2.25. The van der Waals surface area contributed by atoms with Crippen LogP contribution in [0.3, 0.4) is 0 Å². The predicted octanol–water partition coefficient (Wildman–Crippen LogP) is 4.94. The number of fused-ring (bicyclic) bond motifs is 1. The SMILES string of the molecule is CCCC(C)(C)Oc1ccc(O)cc1.O=c1[nH]sc2ccccc12. The van der Waals surface area contributed by atoms with Gasteiger partial charge in [0.15, 0.2) is 0 Å². The molecule has 1 aromatic heterocycles. The Labute approximate surface area is 145 Å². The van der Waals surface area contributed by atoms with E-state index in [0.717, 1.165) is 28.7 Å². The molecular formula is C19H23NO3S. The summed E-state index contributed by atoms with van der Waals surface area (Å²) in [6.07, 6.45) is 2.12. The van der Waals surface area contributed by atoms with E-state index in [1.807, 2.05) is 24.3 Å². The molecule has 0 radical (unpaired) electrons. The molecule has 0 aliphatic heterocycles. The second-order valence-corrected chi connectivity index (χ2v) is 6.98. The Morgan fingerprint density at radius 3 is 2.42 bits per heavy atom. The van der Waals surface area contributed by atoms with Gasteiger partial charge >= 0.3 is 0 Å². The van der Waals surface area contributed by atoms with Gasteiger partial charge in [-0.1, -0.05) is 37.0 Å². The highest BCUT2D eigenvalue weighted by molar-refractivity contribution is 7.13. The molecule has 0 bridgehead atoms. The lowest BCUT2D eigenvalue weighted by molar-refractivity contribution is 0.0985. The molecule has 24 heavy (non-hydrogen) atoms. The van der Waals surface area contributed by atoms with Crippen molar-refractivity contribution in [3.8, 4) is 11.5 Å². The van der Waals surface area contributed by atoms with Crippen molar-refractivity contribution in [2.45, 2.75) is 39.2 Å². The number of hydrogen-bond acceptors (Lipinski definition) is 4. The summed E-state index contributed by atoms with van der Waals surface area (Å²) in [5.41, 5.74) is -0.119. The van der Waals surface area contributed by atoms with E-state index < -0.39 is 0 Å². The van der Waals surface area contributed by atoms with Gasteiger partial charge in [0.05, 0.1) is 10.1 Å². The molecule has 4 nitrogen and oxygen atoms in total. The molecule has 0 amide bonds. The van der Waals surface area contributed by atoms with E-state index in [4.69, 9.17) is 9.84 Å². The van der Waals surface area contributed by atoms with E-state index in [-0.39, 0.29) is 16.9 Å². The minimum absolute atomic E-state index is 0.0144. The summed E-state index contributed by atoms with van der Waals surface area (Å²) in [7, 11) is 0. The molecule has 0 spiro atoms. The third-order valence-electron chi connectivity index (χ3n) is 3.47. The molecule has 3 aromatic rings. The van der Waals surface area contributed by atoms with Crippen molar-refractivity contribution in [1.82, 2.24) is 4.37 Å². The van der Waals surface area contributed by atoms with Crippen molar-refractivity contribution < 1.29 is 9.84 Å². The van der Waals surface area contributed by atoms with Crippen LogP contribution in [-0.4, -0.2) is 15.1 Å². The molecule has 0 saturated carbocycles. The zero-order valence-electron chi connectivity index (χ0n) is 14.2. The number of phenolic OH excluding ortho intramolecular Hbond substituents is 1. The molecule has 0 unspecified atom stereocenters. The summed E-state index contributed by atoms with van der Waals surface area (Å²) in [5, 5.41) is 9.89. The Kier molecular flexibility index (Phi) is 6.04. The zero-order chi connectivity index (χ0) is 17.6. The molecule has 0 aliphatic carbocycles. The monoisotopic (exact) mass is 345 g/mol. The van der Waals surface area contributed by atoms with Gasteiger partial charge in [-0.3, -0.25) is 9.17 Å². The third-order valence-corrected chi connectivity index (χ3v) is 4.33. The Morgan fingerprint density at radius 1 is 1.12 bits per heavy atom. The molecule has 5 heteroatoms. The van der Waals surface area contributed by atoms with E-state index in [0.29, 0.717) is 0 Å². The number of aromatic amines is 1. The van der Waals surface area contributed by atoms with Crippen LogP contribution in [0.25, 0.3) is 10.1 Å². The lowest BCUT2D eigenvalue weighted by atomic mass is 10.0. The number of aromatic nitrogens is 1. The van der Waals surface area contributed by atoms with Gasteiger partial charge in [0.1, 0.15) is 17.1 Å². The molecule has 0 fully saturated rings. The topological polar surface area (TPSA) is 62.3 Å². The van der Waals surface area contributed by atoms with Gasteiger partial charge in [-0.05, 0) is 56.7 Å². The summed E-state index contributed by atoms with van der Waals surface area (Å²) in [6, 6.07) is 14.4. The number of phenols is 1. The van der Waals surface area contributed by atoms with Crippen LogP contribution < -0.4 is 10.3 Å². The first-order valence-electron chi connectivity index (χ1n) is 7.95. The fourth-order valence-electron chi connectivity index (χ4n) is 2.39. The molecule has 128 valence electrons. The summed E-state index contributed by atoms with van der Waals surface area (Å²) >= 11 is 1.38.